The average molecular weight is 292 g/mol. The fraction of sp³-hybridized carbons (Fsp3) is 0.533. The van der Waals surface area contributed by atoms with Crippen molar-refractivity contribution in [2.24, 2.45) is 5.41 Å². The van der Waals surface area contributed by atoms with Crippen LogP contribution >= 0.6 is 0 Å². The molecule has 0 unspecified atom stereocenters. The normalized spacial score (nSPS) is 17.2. The van der Waals surface area contributed by atoms with E-state index in [4.69, 9.17) is 9.84 Å². The number of carboxylic acids is 1. The van der Waals surface area contributed by atoms with Crippen molar-refractivity contribution in [1.29, 1.82) is 0 Å². The first kappa shape index (κ1) is 15.4. The molecule has 2 heterocycles. The highest BCUT2D eigenvalue weighted by Gasteiger charge is 2.28. The Morgan fingerprint density at radius 3 is 2.62 bits per heavy atom. The van der Waals surface area contributed by atoms with Gasteiger partial charge in [-0.05, 0) is 37.3 Å². The molecule has 6 nitrogen and oxygen atoms in total. The third-order valence-electron chi connectivity index (χ3n) is 3.92. The molecule has 0 bridgehead atoms. The zero-order chi connectivity index (χ0) is 15.5. The van der Waals surface area contributed by atoms with Crippen LogP contribution in [0.15, 0.2) is 12.1 Å². The summed E-state index contributed by atoms with van der Waals surface area (Å²) in [5, 5.41) is 11.8. The van der Waals surface area contributed by atoms with E-state index in [0.717, 1.165) is 26.1 Å². The lowest BCUT2D eigenvalue weighted by atomic mass is 9.82. The molecule has 0 aromatic carbocycles. The highest BCUT2D eigenvalue weighted by molar-refractivity contribution is 5.94. The van der Waals surface area contributed by atoms with Gasteiger partial charge in [-0.1, -0.05) is 6.92 Å². The minimum atomic E-state index is -1.04. The Bertz CT molecular complexity index is 551. The second-order valence-corrected chi connectivity index (χ2v) is 5.74. The quantitative estimate of drug-likeness (QED) is 0.880. The number of carboxylic acid groups (broad SMARTS) is 1. The van der Waals surface area contributed by atoms with Crippen LogP contribution in [0, 0.1) is 12.3 Å². The van der Waals surface area contributed by atoms with E-state index in [0.29, 0.717) is 12.2 Å². The molecule has 21 heavy (non-hydrogen) atoms. The van der Waals surface area contributed by atoms with Gasteiger partial charge in [-0.3, -0.25) is 4.79 Å². The maximum Gasteiger partial charge on any atom is 0.337 e. The van der Waals surface area contributed by atoms with Gasteiger partial charge in [0.15, 0.2) is 0 Å². The van der Waals surface area contributed by atoms with E-state index in [-0.39, 0.29) is 22.6 Å². The third-order valence-corrected chi connectivity index (χ3v) is 3.92. The molecule has 1 aliphatic rings. The average Bonchev–Trinajstić information content (AvgIpc) is 2.45. The maximum absolute atomic E-state index is 12.1. The first-order chi connectivity index (χ1) is 9.91. The number of nitrogens with zero attached hydrogens (tertiary/aromatic N) is 1. The van der Waals surface area contributed by atoms with Crippen molar-refractivity contribution in [1.82, 2.24) is 10.3 Å². The molecule has 0 aliphatic carbocycles. The van der Waals surface area contributed by atoms with Gasteiger partial charge in [0, 0.05) is 19.8 Å². The number of aromatic carboxylic acids is 1. The van der Waals surface area contributed by atoms with Gasteiger partial charge in [-0.25, -0.2) is 9.78 Å². The summed E-state index contributed by atoms with van der Waals surface area (Å²) in [6.07, 6.45) is 1.83. The van der Waals surface area contributed by atoms with Crippen LogP contribution in [0.3, 0.4) is 0 Å². The van der Waals surface area contributed by atoms with Gasteiger partial charge >= 0.3 is 5.97 Å². The van der Waals surface area contributed by atoms with Gasteiger partial charge in [0.1, 0.15) is 5.69 Å². The van der Waals surface area contributed by atoms with Crippen molar-refractivity contribution in [3.8, 4) is 0 Å². The Morgan fingerprint density at radius 2 is 2.05 bits per heavy atom. The largest absolute Gasteiger partial charge is 0.478 e. The predicted molar refractivity (Wildman–Crippen MR) is 76.4 cm³/mol. The standard InChI is InChI=1S/C15H20N2O4/c1-10-11(14(19)20)3-4-12(17-10)13(18)16-9-15(2)5-7-21-8-6-15/h3-4H,5-9H2,1-2H3,(H,16,18)(H,19,20). The van der Waals surface area contributed by atoms with E-state index in [1.54, 1.807) is 6.92 Å². The topological polar surface area (TPSA) is 88.5 Å². The molecule has 0 radical (unpaired) electrons. The molecule has 114 valence electrons. The fourth-order valence-electron chi connectivity index (χ4n) is 2.34. The maximum atomic E-state index is 12.1. The van der Waals surface area contributed by atoms with Crippen molar-refractivity contribution in [2.75, 3.05) is 19.8 Å². The molecule has 0 spiro atoms. The molecule has 1 aliphatic heterocycles. The molecule has 6 heteroatoms. The second kappa shape index (κ2) is 6.22. The predicted octanol–water partition coefficient (Wildman–Crippen LogP) is 1.63. The lowest BCUT2D eigenvalue weighted by Gasteiger charge is -2.33. The number of hydrogen-bond donors (Lipinski definition) is 2. The summed E-state index contributed by atoms with van der Waals surface area (Å²) in [5.41, 5.74) is 0.743. The summed E-state index contributed by atoms with van der Waals surface area (Å²) >= 11 is 0. The summed E-state index contributed by atoms with van der Waals surface area (Å²) in [6.45, 7) is 5.71. The minimum Gasteiger partial charge on any atom is -0.478 e. The van der Waals surface area contributed by atoms with Crippen molar-refractivity contribution >= 4 is 11.9 Å². The lowest BCUT2D eigenvalue weighted by Crippen LogP contribution is -2.39. The van der Waals surface area contributed by atoms with Gasteiger partial charge in [0.25, 0.3) is 5.91 Å². The first-order valence-corrected chi connectivity index (χ1v) is 6.98. The van der Waals surface area contributed by atoms with Crippen LogP contribution in [0.25, 0.3) is 0 Å². The van der Waals surface area contributed by atoms with Crippen molar-refractivity contribution in [3.05, 3.63) is 29.1 Å². The van der Waals surface area contributed by atoms with Crippen LogP contribution in [0.2, 0.25) is 0 Å². The van der Waals surface area contributed by atoms with Crippen LogP contribution in [-0.2, 0) is 4.74 Å². The first-order valence-electron chi connectivity index (χ1n) is 6.98. The van der Waals surface area contributed by atoms with E-state index in [1.165, 1.54) is 12.1 Å². The van der Waals surface area contributed by atoms with Gasteiger partial charge in [0.2, 0.25) is 0 Å². The number of pyridine rings is 1. The molecular weight excluding hydrogens is 272 g/mol. The number of rotatable bonds is 4. The van der Waals surface area contributed by atoms with Gasteiger partial charge in [-0.2, -0.15) is 0 Å². The smallest absolute Gasteiger partial charge is 0.337 e. The number of carbonyl (C=O) groups is 2. The molecular formula is C15H20N2O4. The number of nitrogens with one attached hydrogen (secondary N) is 1. The Labute approximate surface area is 123 Å². The van der Waals surface area contributed by atoms with Gasteiger partial charge in [0.05, 0.1) is 11.3 Å². The number of aryl methyl sites for hydroxylation is 1. The highest BCUT2D eigenvalue weighted by atomic mass is 16.5. The summed E-state index contributed by atoms with van der Waals surface area (Å²) in [6, 6.07) is 2.86. The van der Waals surface area contributed by atoms with Crippen LogP contribution in [0.4, 0.5) is 0 Å². The van der Waals surface area contributed by atoms with E-state index >= 15 is 0 Å². The SMILES string of the molecule is Cc1nc(C(=O)NCC2(C)CCOCC2)ccc1C(=O)O. The molecule has 2 N–H and O–H groups in total. The van der Waals surface area contributed by atoms with Crippen molar-refractivity contribution < 1.29 is 19.4 Å². The van der Waals surface area contributed by atoms with E-state index < -0.39 is 5.97 Å². The molecule has 1 amide bonds. The molecule has 1 saturated heterocycles. The van der Waals surface area contributed by atoms with Crippen LogP contribution < -0.4 is 5.32 Å². The second-order valence-electron chi connectivity index (χ2n) is 5.74. The number of amides is 1. The zero-order valence-corrected chi connectivity index (χ0v) is 12.3. The number of aromatic nitrogens is 1. The summed E-state index contributed by atoms with van der Waals surface area (Å²) in [7, 11) is 0. The number of carbonyl (C=O) groups excluding carboxylic acids is 1. The Balaban J connectivity index is 2.00. The Kier molecular flexibility index (Phi) is 4.57. The fourth-order valence-corrected chi connectivity index (χ4v) is 2.34. The van der Waals surface area contributed by atoms with E-state index in [1.807, 2.05) is 0 Å². The molecule has 1 aromatic heterocycles. The van der Waals surface area contributed by atoms with Crippen LogP contribution in [-0.4, -0.2) is 41.7 Å². The monoisotopic (exact) mass is 292 g/mol. The molecule has 1 fully saturated rings. The molecule has 0 atom stereocenters. The van der Waals surface area contributed by atoms with Gasteiger partial charge in [-0.15, -0.1) is 0 Å². The van der Waals surface area contributed by atoms with Crippen LogP contribution in [0.1, 0.15) is 46.3 Å². The zero-order valence-electron chi connectivity index (χ0n) is 12.3. The molecule has 1 aromatic rings. The Morgan fingerprint density at radius 1 is 1.38 bits per heavy atom. The van der Waals surface area contributed by atoms with Crippen LogP contribution in [0.5, 0.6) is 0 Å². The molecule has 0 saturated carbocycles. The highest BCUT2D eigenvalue weighted by Crippen LogP contribution is 2.28. The Hall–Kier alpha value is -1.95. The lowest BCUT2D eigenvalue weighted by molar-refractivity contribution is 0.0238. The molecule has 2 rings (SSSR count). The van der Waals surface area contributed by atoms with Gasteiger partial charge < -0.3 is 15.2 Å². The number of ether oxygens (including phenoxy) is 1. The van der Waals surface area contributed by atoms with Crippen molar-refractivity contribution in [2.45, 2.75) is 26.7 Å². The summed E-state index contributed by atoms with van der Waals surface area (Å²) in [4.78, 5) is 27.1. The number of hydrogen-bond acceptors (Lipinski definition) is 4. The third kappa shape index (κ3) is 3.78. The van der Waals surface area contributed by atoms with E-state index in [2.05, 4.69) is 17.2 Å². The summed E-state index contributed by atoms with van der Waals surface area (Å²) in [5.74, 6) is -1.32. The van der Waals surface area contributed by atoms with E-state index in [9.17, 15) is 9.59 Å². The minimum absolute atomic E-state index is 0.0456. The van der Waals surface area contributed by atoms with Crippen molar-refractivity contribution in [3.63, 3.8) is 0 Å². The summed E-state index contributed by atoms with van der Waals surface area (Å²) < 4.78 is 5.33.